The second-order valence-electron chi connectivity index (χ2n) is 2.49. The fraction of sp³-hybridized carbons (Fsp3) is 0.125. The molecule has 0 heterocycles. The molecule has 0 radical (unpaired) electrons. The predicted octanol–water partition coefficient (Wildman–Crippen LogP) is 5.42. The van der Waals surface area contributed by atoms with E-state index in [0.717, 1.165) is 13.4 Å². The zero-order valence-corrected chi connectivity index (χ0v) is 15.1. The van der Waals surface area contributed by atoms with Crippen LogP contribution < -0.4 is 4.74 Å². The molecule has 7 heteroatoms. The topological polar surface area (TPSA) is 26.3 Å². The molecule has 0 aromatic heterocycles. The molecule has 0 unspecified atom stereocenters. The Morgan fingerprint density at radius 3 is 1.53 bits per heavy atom. The zero-order chi connectivity index (χ0) is 11.7. The fourth-order valence-electron chi connectivity index (χ4n) is 0.818. The Kier molecular flexibility index (Phi) is 5.30. The average Bonchev–Trinajstić information content (AvgIpc) is 2.18. The minimum Gasteiger partial charge on any atom is -0.424 e. The molecule has 0 saturated carbocycles. The summed E-state index contributed by atoms with van der Waals surface area (Å²) in [5, 5.41) is 0. The van der Waals surface area contributed by atoms with Gasteiger partial charge in [-0.1, -0.05) is 0 Å². The molecule has 0 aliphatic heterocycles. The summed E-state index contributed by atoms with van der Waals surface area (Å²) in [7, 11) is 0. The molecular formula is C8H3Br5O2. The predicted molar refractivity (Wildman–Crippen MR) is 76.3 cm³/mol. The van der Waals surface area contributed by atoms with E-state index in [0.29, 0.717) is 14.7 Å². The van der Waals surface area contributed by atoms with Crippen LogP contribution in [0.15, 0.2) is 22.4 Å². The molecule has 0 aliphatic rings. The maximum absolute atomic E-state index is 10.9. The first-order valence-corrected chi connectivity index (χ1v) is 7.52. The van der Waals surface area contributed by atoms with Gasteiger partial charge in [0.25, 0.3) is 0 Å². The molecule has 0 N–H and O–H groups in total. The number of halogens is 5. The quantitative estimate of drug-likeness (QED) is 0.210. The molecule has 0 fully saturated rings. The van der Waals surface area contributed by atoms with E-state index in [-0.39, 0.29) is 5.97 Å². The van der Waals surface area contributed by atoms with E-state index in [1.54, 1.807) is 0 Å². The zero-order valence-electron chi connectivity index (χ0n) is 7.21. The molecular weight excluding hydrogens is 528 g/mol. The van der Waals surface area contributed by atoms with Crippen LogP contribution in [-0.2, 0) is 4.79 Å². The van der Waals surface area contributed by atoms with Crippen LogP contribution in [0.25, 0.3) is 0 Å². The number of hydrogen-bond acceptors (Lipinski definition) is 2. The van der Waals surface area contributed by atoms with Crippen LogP contribution in [0.3, 0.4) is 0 Å². The molecule has 0 atom stereocenters. The largest absolute Gasteiger partial charge is 0.424 e. The summed E-state index contributed by atoms with van der Waals surface area (Å²) in [6.07, 6.45) is 0. The van der Waals surface area contributed by atoms with Crippen LogP contribution in [0.2, 0.25) is 0 Å². The smallest absolute Gasteiger partial charge is 0.308 e. The number of ether oxygens (including phenoxy) is 1. The molecule has 0 saturated heterocycles. The van der Waals surface area contributed by atoms with Gasteiger partial charge in [-0.05, 0) is 79.6 Å². The summed E-state index contributed by atoms with van der Waals surface area (Å²) in [4.78, 5) is 10.9. The van der Waals surface area contributed by atoms with E-state index in [2.05, 4.69) is 79.6 Å². The van der Waals surface area contributed by atoms with Gasteiger partial charge < -0.3 is 4.74 Å². The van der Waals surface area contributed by atoms with Crippen molar-refractivity contribution in [2.75, 3.05) is 0 Å². The Bertz CT molecular complexity index is 401. The van der Waals surface area contributed by atoms with E-state index in [1.807, 2.05) is 0 Å². The van der Waals surface area contributed by atoms with E-state index in [4.69, 9.17) is 4.74 Å². The number of carbonyl (C=O) groups excluding carboxylic acids is 1. The maximum atomic E-state index is 10.9. The van der Waals surface area contributed by atoms with Crippen LogP contribution in [0.5, 0.6) is 5.75 Å². The maximum Gasteiger partial charge on any atom is 0.308 e. The standard InChI is InChI=1S/C8H3Br5O2/c1-2(14)15-8-6(12)4(10)3(9)5(11)7(8)13/h1H3. The van der Waals surface area contributed by atoms with E-state index in [9.17, 15) is 4.79 Å². The Balaban J connectivity index is 3.45. The summed E-state index contributed by atoms with van der Waals surface area (Å²) >= 11 is 16.8. The minimum atomic E-state index is -0.377. The Morgan fingerprint density at radius 1 is 0.867 bits per heavy atom. The number of hydrogen-bond donors (Lipinski definition) is 0. The Morgan fingerprint density at radius 2 is 1.20 bits per heavy atom. The van der Waals surface area contributed by atoms with Crippen LogP contribution in [0.1, 0.15) is 6.92 Å². The summed E-state index contributed by atoms with van der Waals surface area (Å²) in [6, 6.07) is 0. The Labute approximate surface area is 129 Å². The van der Waals surface area contributed by atoms with Crippen LogP contribution in [0.4, 0.5) is 0 Å². The molecule has 0 bridgehead atoms. The van der Waals surface area contributed by atoms with Crippen molar-refractivity contribution in [2.45, 2.75) is 6.92 Å². The third-order valence-electron chi connectivity index (χ3n) is 1.42. The number of carbonyl (C=O) groups is 1. The van der Waals surface area contributed by atoms with Crippen LogP contribution in [-0.4, -0.2) is 5.97 Å². The summed E-state index contributed by atoms with van der Waals surface area (Å²) in [6.45, 7) is 1.35. The minimum absolute atomic E-state index is 0.377. The fourth-order valence-corrected chi connectivity index (χ4v) is 3.99. The molecule has 0 aliphatic carbocycles. The lowest BCUT2D eigenvalue weighted by atomic mass is 10.3. The van der Waals surface area contributed by atoms with Crippen molar-refractivity contribution in [2.24, 2.45) is 0 Å². The lowest BCUT2D eigenvalue weighted by Crippen LogP contribution is -2.03. The van der Waals surface area contributed by atoms with Gasteiger partial charge in [0, 0.05) is 11.4 Å². The SMILES string of the molecule is CC(=O)Oc1c(Br)c(Br)c(Br)c(Br)c1Br. The highest BCUT2D eigenvalue weighted by Crippen LogP contribution is 2.48. The van der Waals surface area contributed by atoms with E-state index >= 15 is 0 Å². The van der Waals surface area contributed by atoms with Crippen molar-refractivity contribution >= 4 is 85.6 Å². The first-order valence-electron chi connectivity index (χ1n) is 3.56. The van der Waals surface area contributed by atoms with Gasteiger partial charge >= 0.3 is 5.97 Å². The second kappa shape index (κ2) is 5.62. The first-order chi connectivity index (χ1) is 6.86. The van der Waals surface area contributed by atoms with Gasteiger partial charge in [-0.15, -0.1) is 0 Å². The monoisotopic (exact) mass is 526 g/mol. The van der Waals surface area contributed by atoms with Gasteiger partial charge in [-0.25, -0.2) is 0 Å². The highest BCUT2D eigenvalue weighted by atomic mass is 79.9. The second-order valence-corrected chi connectivity index (χ2v) is 6.46. The van der Waals surface area contributed by atoms with Crippen molar-refractivity contribution in [1.29, 1.82) is 0 Å². The van der Waals surface area contributed by atoms with Gasteiger partial charge in [0.15, 0.2) is 5.75 Å². The van der Waals surface area contributed by atoms with Crippen LogP contribution in [0, 0.1) is 0 Å². The number of esters is 1. The van der Waals surface area contributed by atoms with Crippen molar-refractivity contribution in [1.82, 2.24) is 0 Å². The number of rotatable bonds is 1. The third kappa shape index (κ3) is 3.06. The highest BCUT2D eigenvalue weighted by Gasteiger charge is 2.19. The van der Waals surface area contributed by atoms with Crippen LogP contribution >= 0.6 is 79.6 Å². The molecule has 1 rings (SSSR count). The molecule has 2 nitrogen and oxygen atoms in total. The summed E-state index contributed by atoms with van der Waals surface area (Å²) in [5.74, 6) is 0.0574. The van der Waals surface area contributed by atoms with Gasteiger partial charge in [0.2, 0.25) is 0 Å². The van der Waals surface area contributed by atoms with E-state index in [1.165, 1.54) is 6.92 Å². The summed E-state index contributed by atoms with van der Waals surface area (Å²) < 4.78 is 8.79. The number of benzene rings is 1. The lowest BCUT2D eigenvalue weighted by Gasteiger charge is -2.12. The molecule has 15 heavy (non-hydrogen) atoms. The molecule has 0 spiro atoms. The molecule has 1 aromatic carbocycles. The van der Waals surface area contributed by atoms with Crippen molar-refractivity contribution in [3.63, 3.8) is 0 Å². The lowest BCUT2D eigenvalue weighted by molar-refractivity contribution is -0.131. The average molecular weight is 531 g/mol. The molecule has 82 valence electrons. The Hall–Kier alpha value is 1.09. The highest BCUT2D eigenvalue weighted by molar-refractivity contribution is 9.15. The normalized spacial score (nSPS) is 10.3. The first kappa shape index (κ1) is 14.2. The van der Waals surface area contributed by atoms with Crippen molar-refractivity contribution in [3.05, 3.63) is 22.4 Å². The van der Waals surface area contributed by atoms with Crippen molar-refractivity contribution < 1.29 is 9.53 Å². The van der Waals surface area contributed by atoms with Gasteiger partial charge in [-0.2, -0.15) is 0 Å². The third-order valence-corrected chi connectivity index (χ3v) is 7.44. The van der Waals surface area contributed by atoms with Gasteiger partial charge in [-0.3, -0.25) is 4.79 Å². The van der Waals surface area contributed by atoms with Gasteiger partial charge in [0.1, 0.15) is 0 Å². The van der Waals surface area contributed by atoms with Crippen molar-refractivity contribution in [3.8, 4) is 5.75 Å². The molecule has 0 amide bonds. The van der Waals surface area contributed by atoms with Gasteiger partial charge in [0.05, 0.1) is 17.9 Å². The van der Waals surface area contributed by atoms with E-state index < -0.39 is 0 Å². The molecule has 1 aromatic rings. The summed E-state index contributed by atoms with van der Waals surface area (Å²) in [5.41, 5.74) is 0.